The lowest BCUT2D eigenvalue weighted by Crippen LogP contribution is -2.39. The van der Waals surface area contributed by atoms with Crippen molar-refractivity contribution in [1.29, 1.82) is 0 Å². The minimum Gasteiger partial charge on any atom is -0.387 e. The van der Waals surface area contributed by atoms with E-state index in [9.17, 15) is 9.59 Å². The molecule has 1 amide bonds. The summed E-state index contributed by atoms with van der Waals surface area (Å²) >= 11 is 6.09. The third-order valence-electron chi connectivity index (χ3n) is 4.76. The van der Waals surface area contributed by atoms with Gasteiger partial charge in [-0.15, -0.1) is 0 Å². The molecule has 1 unspecified atom stereocenters. The highest BCUT2D eigenvalue weighted by atomic mass is 35.5. The molecule has 31 heavy (non-hydrogen) atoms. The highest BCUT2D eigenvalue weighted by Gasteiger charge is 2.24. The third kappa shape index (κ3) is 12.1. The van der Waals surface area contributed by atoms with E-state index in [-0.39, 0.29) is 29.5 Å². The predicted octanol–water partition coefficient (Wildman–Crippen LogP) is 2.79. The van der Waals surface area contributed by atoms with Crippen LogP contribution in [-0.4, -0.2) is 71.1 Å². The molecule has 0 rings (SSSR count). The van der Waals surface area contributed by atoms with Gasteiger partial charge >= 0.3 is 0 Å². The molecule has 0 bridgehead atoms. The number of nitrogens with one attached hydrogen (secondary N) is 3. The zero-order chi connectivity index (χ0) is 24.0. The number of carbonyl (C=O) groups excluding carboxylic acids is 2. The van der Waals surface area contributed by atoms with Crippen molar-refractivity contribution < 1.29 is 14.3 Å². The molecule has 0 fully saturated rings. The van der Waals surface area contributed by atoms with E-state index in [0.717, 1.165) is 11.5 Å². The van der Waals surface area contributed by atoms with Crippen LogP contribution >= 0.6 is 11.6 Å². The molecule has 3 N–H and O–H groups in total. The van der Waals surface area contributed by atoms with Crippen LogP contribution in [0.4, 0.5) is 0 Å². The van der Waals surface area contributed by atoms with Gasteiger partial charge in [0.15, 0.2) is 6.29 Å². The zero-order valence-electron chi connectivity index (χ0n) is 20.4. The second kappa shape index (κ2) is 15.2. The molecular weight excluding hydrogens is 416 g/mol. The molecule has 0 aromatic carbocycles. The molecule has 0 radical (unpaired) electrons. The Balaban J connectivity index is 5.09. The van der Waals surface area contributed by atoms with Crippen molar-refractivity contribution in [3.8, 4) is 0 Å². The van der Waals surface area contributed by atoms with Gasteiger partial charge in [-0.2, -0.15) is 0 Å². The van der Waals surface area contributed by atoms with Crippen molar-refractivity contribution in [3.05, 3.63) is 34.2 Å². The summed E-state index contributed by atoms with van der Waals surface area (Å²) in [4.78, 5) is 26.3. The fourth-order valence-electron chi connectivity index (χ4n) is 3.05. The number of amides is 1. The normalized spacial score (nSPS) is 14.9. The van der Waals surface area contributed by atoms with E-state index in [0.29, 0.717) is 31.6 Å². The van der Waals surface area contributed by atoms with Crippen LogP contribution in [0.15, 0.2) is 34.2 Å². The maximum absolute atomic E-state index is 12.7. The fourth-order valence-corrected chi connectivity index (χ4v) is 3.21. The van der Waals surface area contributed by atoms with Gasteiger partial charge in [0.05, 0.1) is 5.70 Å². The quantitative estimate of drug-likeness (QED) is 0.200. The molecule has 0 aliphatic rings. The Kier molecular flexibility index (Phi) is 14.4. The molecule has 7 nitrogen and oxygen atoms in total. The lowest BCUT2D eigenvalue weighted by molar-refractivity contribution is -0.123. The number of aldehydes is 1. The van der Waals surface area contributed by atoms with Crippen LogP contribution in [0.2, 0.25) is 0 Å². The summed E-state index contributed by atoms with van der Waals surface area (Å²) in [6.45, 7) is 9.93. The van der Waals surface area contributed by atoms with Crippen LogP contribution in [0, 0.1) is 5.41 Å². The standard InChI is InChI=1S/C23H41ClN4O3/c1-9-17(11-18(24)10-2)13-26-16-23(3,4)12-21(30)27-19(15-29)22(25-5)20(31-8)14-28(6)7/h10-11,15,20,25-26H,9,12-14,16H2,1-8H3,(H,27,30)/b17-11+,18-10+,22-19+. The van der Waals surface area contributed by atoms with Crippen molar-refractivity contribution in [3.63, 3.8) is 0 Å². The average Bonchev–Trinajstić information content (AvgIpc) is 2.70. The molecule has 0 aliphatic carbocycles. The maximum Gasteiger partial charge on any atom is 0.225 e. The first-order valence-corrected chi connectivity index (χ1v) is 11.0. The minimum atomic E-state index is -0.363. The summed E-state index contributed by atoms with van der Waals surface area (Å²) in [5.41, 5.74) is 1.64. The molecule has 0 spiro atoms. The van der Waals surface area contributed by atoms with Crippen molar-refractivity contribution in [2.24, 2.45) is 5.41 Å². The Labute approximate surface area is 193 Å². The van der Waals surface area contributed by atoms with Crippen molar-refractivity contribution in [2.75, 3.05) is 47.9 Å². The van der Waals surface area contributed by atoms with Crippen LogP contribution in [0.25, 0.3) is 0 Å². The first kappa shape index (κ1) is 29.3. The molecule has 0 aromatic heterocycles. The van der Waals surface area contributed by atoms with E-state index >= 15 is 0 Å². The fraction of sp³-hybridized carbons (Fsp3) is 0.652. The Hall–Kier alpha value is -1.67. The Bertz CT molecular complexity index is 670. The van der Waals surface area contributed by atoms with E-state index in [2.05, 4.69) is 22.9 Å². The first-order chi connectivity index (χ1) is 14.5. The van der Waals surface area contributed by atoms with Crippen LogP contribution in [0.5, 0.6) is 0 Å². The second-order valence-corrected chi connectivity index (χ2v) is 8.94. The predicted molar refractivity (Wildman–Crippen MR) is 129 cm³/mol. The molecular formula is C23H41ClN4O3. The van der Waals surface area contributed by atoms with Crippen molar-refractivity contribution >= 4 is 23.8 Å². The molecule has 0 heterocycles. The number of carbonyl (C=O) groups is 2. The molecule has 0 aliphatic heterocycles. The van der Waals surface area contributed by atoms with E-state index in [1.807, 2.05) is 51.9 Å². The summed E-state index contributed by atoms with van der Waals surface area (Å²) in [5.74, 6) is -0.218. The van der Waals surface area contributed by atoms with Gasteiger partial charge in [0.1, 0.15) is 11.8 Å². The second-order valence-electron chi connectivity index (χ2n) is 8.50. The topological polar surface area (TPSA) is 82.7 Å². The van der Waals surface area contributed by atoms with Gasteiger partial charge < -0.3 is 25.6 Å². The molecule has 0 saturated carbocycles. The molecule has 8 heteroatoms. The third-order valence-corrected chi connectivity index (χ3v) is 5.08. The van der Waals surface area contributed by atoms with E-state index in [1.54, 1.807) is 14.2 Å². The van der Waals surface area contributed by atoms with Gasteiger partial charge in [-0.05, 0) is 38.9 Å². The van der Waals surface area contributed by atoms with Gasteiger partial charge in [0.25, 0.3) is 0 Å². The summed E-state index contributed by atoms with van der Waals surface area (Å²) in [5, 5.41) is 9.88. The van der Waals surface area contributed by atoms with Gasteiger partial charge in [-0.3, -0.25) is 9.59 Å². The van der Waals surface area contributed by atoms with Gasteiger partial charge in [0.2, 0.25) is 5.91 Å². The summed E-state index contributed by atoms with van der Waals surface area (Å²) in [7, 11) is 7.12. The lowest BCUT2D eigenvalue weighted by atomic mass is 9.88. The highest BCUT2D eigenvalue weighted by Crippen LogP contribution is 2.20. The van der Waals surface area contributed by atoms with Crippen LogP contribution < -0.4 is 16.0 Å². The summed E-state index contributed by atoms with van der Waals surface area (Å²) in [6, 6.07) is 0. The van der Waals surface area contributed by atoms with E-state index in [1.165, 1.54) is 5.57 Å². The number of hydrogen-bond donors (Lipinski definition) is 3. The van der Waals surface area contributed by atoms with Crippen LogP contribution in [0.1, 0.15) is 40.5 Å². The van der Waals surface area contributed by atoms with Crippen LogP contribution in [0.3, 0.4) is 0 Å². The smallest absolute Gasteiger partial charge is 0.225 e. The first-order valence-electron chi connectivity index (χ1n) is 10.6. The Morgan fingerprint density at radius 1 is 1.29 bits per heavy atom. The molecule has 0 saturated heterocycles. The lowest BCUT2D eigenvalue weighted by Gasteiger charge is -2.26. The average molecular weight is 457 g/mol. The van der Waals surface area contributed by atoms with E-state index in [4.69, 9.17) is 16.3 Å². The van der Waals surface area contributed by atoms with Gasteiger partial charge in [-0.25, -0.2) is 0 Å². The SMILES string of the molecule is C/C=C(Cl)\C=C(/CC)CNCC(C)(C)CC(=O)N/C(C=O)=C(/NC)C(CN(C)C)OC. The Morgan fingerprint density at radius 2 is 1.94 bits per heavy atom. The largest absolute Gasteiger partial charge is 0.387 e. The number of likely N-dealkylation sites (N-methyl/N-ethyl adjacent to an activating group) is 2. The summed E-state index contributed by atoms with van der Waals surface area (Å²) < 4.78 is 5.50. The number of hydrogen-bond acceptors (Lipinski definition) is 6. The number of halogens is 1. The van der Waals surface area contributed by atoms with Gasteiger partial charge in [0, 0.05) is 45.2 Å². The van der Waals surface area contributed by atoms with Crippen LogP contribution in [-0.2, 0) is 14.3 Å². The molecule has 0 aromatic rings. The van der Waals surface area contributed by atoms with Gasteiger partial charge in [-0.1, -0.05) is 44.0 Å². The number of methoxy groups -OCH3 is 1. The van der Waals surface area contributed by atoms with E-state index < -0.39 is 0 Å². The van der Waals surface area contributed by atoms with Crippen molar-refractivity contribution in [2.45, 2.75) is 46.6 Å². The minimum absolute atomic E-state index is 0.196. The molecule has 178 valence electrons. The maximum atomic E-state index is 12.7. The Morgan fingerprint density at radius 3 is 2.39 bits per heavy atom. The van der Waals surface area contributed by atoms with Crippen molar-refractivity contribution in [1.82, 2.24) is 20.9 Å². The number of ether oxygens (including phenoxy) is 1. The summed E-state index contributed by atoms with van der Waals surface area (Å²) in [6.07, 6.45) is 5.27. The highest BCUT2D eigenvalue weighted by molar-refractivity contribution is 6.31. The molecule has 1 atom stereocenters. The monoisotopic (exact) mass is 456 g/mol. The number of rotatable bonds is 15. The zero-order valence-corrected chi connectivity index (χ0v) is 21.2. The number of allylic oxidation sites excluding steroid dienone is 4. The number of nitrogens with zero attached hydrogens (tertiary/aromatic N) is 1.